The Kier molecular flexibility index (Phi) is 4.15. The summed E-state index contributed by atoms with van der Waals surface area (Å²) in [6.45, 7) is 2.93. The first-order valence-electron chi connectivity index (χ1n) is 7.97. The molecule has 4 heterocycles. The lowest BCUT2D eigenvalue weighted by atomic mass is 10.1. The van der Waals surface area contributed by atoms with Crippen LogP contribution in [-0.2, 0) is 0 Å². The second-order valence-electron chi connectivity index (χ2n) is 5.49. The zero-order chi connectivity index (χ0) is 16.4. The van der Waals surface area contributed by atoms with E-state index in [4.69, 9.17) is 9.41 Å². The number of aromatic nitrogens is 1. The number of thiophene rings is 1. The Hall–Kier alpha value is -2.44. The molecule has 2 atom stereocenters. The van der Waals surface area contributed by atoms with Crippen LogP contribution in [-0.4, -0.2) is 23.4 Å². The van der Waals surface area contributed by atoms with Crippen molar-refractivity contribution in [3.8, 4) is 0 Å². The molecule has 3 aromatic rings. The van der Waals surface area contributed by atoms with Crippen molar-refractivity contribution in [2.75, 3.05) is 11.9 Å². The summed E-state index contributed by atoms with van der Waals surface area (Å²) in [5.74, 6) is 1.57. The minimum atomic E-state index is -0.0563. The number of pyridine rings is 1. The summed E-state index contributed by atoms with van der Waals surface area (Å²) in [5.41, 5.74) is 1.78. The topological polar surface area (TPSA) is 62.5 Å². The summed E-state index contributed by atoms with van der Waals surface area (Å²) in [5, 5.41) is 9.09. The summed E-state index contributed by atoms with van der Waals surface area (Å²) in [4.78, 5) is 10.8. The molecule has 6 heteroatoms. The summed E-state index contributed by atoms with van der Waals surface area (Å²) >= 11 is 1.71. The summed E-state index contributed by atoms with van der Waals surface area (Å²) in [7, 11) is 0. The van der Waals surface area contributed by atoms with Gasteiger partial charge in [-0.1, -0.05) is 13.0 Å². The second kappa shape index (κ2) is 6.59. The Bertz CT molecular complexity index is 827. The number of aliphatic imine (C=N–C) groups is 1. The summed E-state index contributed by atoms with van der Waals surface area (Å²) in [6.07, 6.45) is 3.43. The van der Waals surface area contributed by atoms with E-state index in [-0.39, 0.29) is 12.2 Å². The molecule has 1 aliphatic rings. The molecule has 2 unspecified atom stereocenters. The molecule has 0 fully saturated rings. The van der Waals surface area contributed by atoms with Crippen LogP contribution in [0.1, 0.15) is 29.2 Å². The molecule has 0 aliphatic carbocycles. The summed E-state index contributed by atoms with van der Waals surface area (Å²) < 4.78 is 5.64. The Morgan fingerprint density at radius 3 is 2.96 bits per heavy atom. The molecule has 0 saturated carbocycles. The lowest BCUT2D eigenvalue weighted by molar-refractivity contribution is 0.498. The molecule has 5 nitrogen and oxygen atoms in total. The second-order valence-corrected chi connectivity index (χ2v) is 6.47. The molecule has 0 amide bonds. The van der Waals surface area contributed by atoms with Gasteiger partial charge in [-0.3, -0.25) is 10.3 Å². The molecule has 24 heavy (non-hydrogen) atoms. The fraction of sp³-hybridized carbons (Fsp3) is 0.222. The Morgan fingerprint density at radius 1 is 1.25 bits per heavy atom. The van der Waals surface area contributed by atoms with Crippen LogP contribution in [0.15, 0.2) is 63.6 Å². The van der Waals surface area contributed by atoms with Crippen LogP contribution in [0.2, 0.25) is 0 Å². The molecule has 0 bridgehead atoms. The number of furan rings is 1. The molecule has 0 radical (unpaired) electrons. The van der Waals surface area contributed by atoms with Gasteiger partial charge in [0.15, 0.2) is 5.76 Å². The zero-order valence-electron chi connectivity index (χ0n) is 13.3. The third-order valence-corrected chi connectivity index (χ3v) is 4.90. The average molecular weight is 338 g/mol. The molecule has 0 saturated heterocycles. The van der Waals surface area contributed by atoms with E-state index < -0.39 is 0 Å². The minimum absolute atomic E-state index is 0.0326. The van der Waals surface area contributed by atoms with E-state index in [2.05, 4.69) is 40.1 Å². The lowest BCUT2D eigenvalue weighted by Gasteiger charge is -2.24. The van der Waals surface area contributed by atoms with Crippen molar-refractivity contribution >= 4 is 22.9 Å². The molecule has 0 spiro atoms. The van der Waals surface area contributed by atoms with Crippen LogP contribution in [0, 0.1) is 0 Å². The van der Waals surface area contributed by atoms with Gasteiger partial charge in [-0.15, -0.1) is 11.3 Å². The van der Waals surface area contributed by atoms with Crippen molar-refractivity contribution in [3.63, 3.8) is 0 Å². The molecule has 0 aromatic carbocycles. The number of nitrogens with one attached hydrogen (secondary N) is 2. The van der Waals surface area contributed by atoms with E-state index in [0.29, 0.717) is 0 Å². The van der Waals surface area contributed by atoms with E-state index in [1.165, 1.54) is 4.88 Å². The Balaban J connectivity index is 1.89. The number of rotatable bonds is 4. The lowest BCUT2D eigenvalue weighted by Crippen LogP contribution is -2.40. The van der Waals surface area contributed by atoms with Gasteiger partial charge >= 0.3 is 0 Å². The maximum atomic E-state index is 5.64. The predicted octanol–water partition coefficient (Wildman–Crippen LogP) is 3.68. The number of nitrogens with zero attached hydrogens (tertiary/aromatic N) is 2. The maximum Gasteiger partial charge on any atom is 0.152 e. The van der Waals surface area contributed by atoms with Crippen molar-refractivity contribution in [1.29, 1.82) is 0 Å². The van der Waals surface area contributed by atoms with Gasteiger partial charge in [0.1, 0.15) is 23.7 Å². The first-order valence-corrected chi connectivity index (χ1v) is 8.85. The Labute approximate surface area is 144 Å². The average Bonchev–Trinajstić information content (AvgIpc) is 3.28. The summed E-state index contributed by atoms with van der Waals surface area (Å²) in [6, 6.07) is 11.9. The minimum Gasteiger partial charge on any atom is -0.463 e. The molecule has 3 aromatic heterocycles. The Morgan fingerprint density at radius 2 is 2.21 bits per heavy atom. The van der Waals surface area contributed by atoms with Crippen LogP contribution in [0.4, 0.5) is 5.82 Å². The molecule has 4 rings (SSSR count). The van der Waals surface area contributed by atoms with Crippen molar-refractivity contribution in [2.24, 2.45) is 4.99 Å². The van der Waals surface area contributed by atoms with Gasteiger partial charge in [-0.05, 0) is 42.3 Å². The van der Waals surface area contributed by atoms with E-state index in [9.17, 15) is 0 Å². The van der Waals surface area contributed by atoms with E-state index in [0.717, 1.165) is 29.4 Å². The van der Waals surface area contributed by atoms with Gasteiger partial charge in [0.05, 0.1) is 6.26 Å². The first kappa shape index (κ1) is 15.1. The normalized spacial score (nSPS) is 20.0. The fourth-order valence-corrected chi connectivity index (χ4v) is 3.70. The van der Waals surface area contributed by atoms with Gasteiger partial charge in [0, 0.05) is 16.6 Å². The van der Waals surface area contributed by atoms with Crippen molar-refractivity contribution in [3.05, 3.63) is 70.4 Å². The molecule has 1 aliphatic heterocycles. The number of hydrogen-bond acceptors (Lipinski definition) is 6. The number of anilines is 1. The van der Waals surface area contributed by atoms with Crippen LogP contribution >= 0.6 is 11.3 Å². The van der Waals surface area contributed by atoms with Crippen molar-refractivity contribution < 1.29 is 4.42 Å². The number of hydrogen-bond donors (Lipinski definition) is 2. The highest BCUT2D eigenvalue weighted by Crippen LogP contribution is 2.32. The smallest absolute Gasteiger partial charge is 0.152 e. The molecule has 2 N–H and O–H groups in total. The zero-order valence-corrected chi connectivity index (χ0v) is 14.1. The first-order chi connectivity index (χ1) is 11.9. The third kappa shape index (κ3) is 2.74. The van der Waals surface area contributed by atoms with Crippen molar-refractivity contribution in [1.82, 2.24) is 10.3 Å². The monoisotopic (exact) mass is 338 g/mol. The van der Waals surface area contributed by atoms with E-state index in [1.807, 2.05) is 24.3 Å². The van der Waals surface area contributed by atoms with E-state index >= 15 is 0 Å². The highest BCUT2D eigenvalue weighted by molar-refractivity contribution is 7.10. The molecular weight excluding hydrogens is 320 g/mol. The maximum absolute atomic E-state index is 5.64. The van der Waals surface area contributed by atoms with Gasteiger partial charge in [0.25, 0.3) is 0 Å². The standard InChI is InChI=1S/C18H18N4OS/c1-2-19-18-16(14-8-5-11-24-14)21-15(13-7-4-10-23-13)12-6-3-9-20-17(12)22-18/h3-11,16,18-19H,2H2,1H3,(H,20,22). The highest BCUT2D eigenvalue weighted by Gasteiger charge is 2.30. The SMILES string of the molecule is CCNC1Nc2ncccc2C(c2ccco2)=NC1c1cccs1. The number of fused-ring (bicyclic) bond motifs is 1. The van der Waals surface area contributed by atoms with E-state index in [1.54, 1.807) is 23.8 Å². The largest absolute Gasteiger partial charge is 0.463 e. The van der Waals surface area contributed by atoms with Gasteiger partial charge in [0.2, 0.25) is 0 Å². The van der Waals surface area contributed by atoms with Gasteiger partial charge in [-0.25, -0.2) is 4.98 Å². The molecular formula is C18H18N4OS. The van der Waals surface area contributed by atoms with Crippen LogP contribution < -0.4 is 10.6 Å². The highest BCUT2D eigenvalue weighted by atomic mass is 32.1. The quantitative estimate of drug-likeness (QED) is 0.762. The van der Waals surface area contributed by atoms with Crippen LogP contribution in [0.5, 0.6) is 0 Å². The van der Waals surface area contributed by atoms with Crippen LogP contribution in [0.25, 0.3) is 0 Å². The van der Waals surface area contributed by atoms with Crippen molar-refractivity contribution in [2.45, 2.75) is 19.1 Å². The number of likely N-dealkylation sites (N-methyl/N-ethyl adjacent to an activating group) is 1. The predicted molar refractivity (Wildman–Crippen MR) is 96.7 cm³/mol. The van der Waals surface area contributed by atoms with Crippen LogP contribution in [0.3, 0.4) is 0 Å². The van der Waals surface area contributed by atoms with Gasteiger partial charge in [-0.2, -0.15) is 0 Å². The fourth-order valence-electron chi connectivity index (χ4n) is 2.90. The third-order valence-electron chi connectivity index (χ3n) is 3.95. The molecule has 122 valence electrons. The van der Waals surface area contributed by atoms with Gasteiger partial charge < -0.3 is 9.73 Å².